The molecule has 0 atom stereocenters. The number of nitrogens with one attached hydrogen (secondary N) is 1. The molecule has 24 heavy (non-hydrogen) atoms. The summed E-state index contributed by atoms with van der Waals surface area (Å²) in [4.78, 5) is 13.4. The topological polar surface area (TPSA) is 69.0 Å². The Balaban J connectivity index is 1.49. The SMILES string of the molecule is O=C(NCCOc1ccc(F)cc1)c1cnn(-c2ccccc2)n1. The fourth-order valence-corrected chi connectivity index (χ4v) is 2.01. The van der Waals surface area contributed by atoms with Crippen LogP contribution in [0, 0.1) is 5.82 Å². The number of halogens is 1. The van der Waals surface area contributed by atoms with Gasteiger partial charge < -0.3 is 10.1 Å². The van der Waals surface area contributed by atoms with Crippen molar-refractivity contribution in [2.24, 2.45) is 0 Å². The molecule has 0 radical (unpaired) electrons. The number of nitrogens with zero attached hydrogens (tertiary/aromatic N) is 3. The highest BCUT2D eigenvalue weighted by atomic mass is 19.1. The molecule has 1 heterocycles. The number of carbonyl (C=O) groups is 1. The van der Waals surface area contributed by atoms with Gasteiger partial charge in [-0.3, -0.25) is 4.79 Å². The number of para-hydroxylation sites is 1. The third kappa shape index (κ3) is 3.95. The predicted molar refractivity (Wildman–Crippen MR) is 85.6 cm³/mol. The standard InChI is InChI=1S/C17H15FN4O2/c18-13-6-8-15(9-7-13)24-11-10-19-17(23)16-12-20-22(21-16)14-4-2-1-3-5-14/h1-9,12H,10-11H2,(H,19,23). The van der Waals surface area contributed by atoms with Crippen LogP contribution in [0.2, 0.25) is 0 Å². The van der Waals surface area contributed by atoms with Gasteiger partial charge in [-0.05, 0) is 36.4 Å². The molecule has 0 unspecified atom stereocenters. The van der Waals surface area contributed by atoms with E-state index in [0.717, 1.165) is 5.69 Å². The van der Waals surface area contributed by atoms with E-state index in [9.17, 15) is 9.18 Å². The molecule has 7 heteroatoms. The predicted octanol–water partition coefficient (Wildman–Crippen LogP) is 2.22. The lowest BCUT2D eigenvalue weighted by Crippen LogP contribution is -2.28. The van der Waals surface area contributed by atoms with Crippen molar-refractivity contribution >= 4 is 5.91 Å². The largest absolute Gasteiger partial charge is 0.492 e. The smallest absolute Gasteiger partial charge is 0.273 e. The molecule has 1 N–H and O–H groups in total. The zero-order valence-electron chi connectivity index (χ0n) is 12.7. The van der Waals surface area contributed by atoms with E-state index in [-0.39, 0.29) is 24.0 Å². The fraction of sp³-hybridized carbons (Fsp3) is 0.118. The van der Waals surface area contributed by atoms with Gasteiger partial charge in [0.2, 0.25) is 0 Å². The van der Waals surface area contributed by atoms with Crippen molar-refractivity contribution in [3.8, 4) is 11.4 Å². The lowest BCUT2D eigenvalue weighted by atomic mass is 10.3. The average molecular weight is 326 g/mol. The Kier molecular flexibility index (Phi) is 4.81. The number of rotatable bonds is 6. The molecule has 2 aromatic carbocycles. The second-order valence-corrected chi connectivity index (χ2v) is 4.91. The Morgan fingerprint density at radius 1 is 1.12 bits per heavy atom. The molecule has 0 aliphatic rings. The van der Waals surface area contributed by atoms with E-state index < -0.39 is 0 Å². The van der Waals surface area contributed by atoms with Gasteiger partial charge in [-0.1, -0.05) is 18.2 Å². The first kappa shape index (κ1) is 15.7. The summed E-state index contributed by atoms with van der Waals surface area (Å²) in [6, 6.07) is 15.0. The molecule has 0 fully saturated rings. The van der Waals surface area contributed by atoms with Crippen molar-refractivity contribution in [3.05, 3.63) is 72.3 Å². The van der Waals surface area contributed by atoms with Crippen LogP contribution in [0.4, 0.5) is 4.39 Å². The number of benzene rings is 2. The van der Waals surface area contributed by atoms with Crippen LogP contribution in [0.3, 0.4) is 0 Å². The van der Waals surface area contributed by atoms with Crippen LogP contribution in [-0.2, 0) is 0 Å². The van der Waals surface area contributed by atoms with Gasteiger partial charge in [0.15, 0.2) is 5.69 Å². The van der Waals surface area contributed by atoms with E-state index >= 15 is 0 Å². The second kappa shape index (κ2) is 7.36. The van der Waals surface area contributed by atoms with E-state index in [4.69, 9.17) is 4.74 Å². The van der Waals surface area contributed by atoms with E-state index in [0.29, 0.717) is 12.3 Å². The molecule has 0 spiro atoms. The van der Waals surface area contributed by atoms with E-state index in [1.165, 1.54) is 35.3 Å². The van der Waals surface area contributed by atoms with Crippen molar-refractivity contribution in [1.82, 2.24) is 20.3 Å². The first-order chi connectivity index (χ1) is 11.7. The van der Waals surface area contributed by atoms with Crippen LogP contribution in [0.15, 0.2) is 60.8 Å². The van der Waals surface area contributed by atoms with Crippen LogP contribution in [0.1, 0.15) is 10.5 Å². The Hall–Kier alpha value is -3.22. The lowest BCUT2D eigenvalue weighted by molar-refractivity contribution is 0.0941. The van der Waals surface area contributed by atoms with E-state index in [1.807, 2.05) is 30.3 Å². The van der Waals surface area contributed by atoms with Crippen LogP contribution >= 0.6 is 0 Å². The zero-order chi connectivity index (χ0) is 16.8. The van der Waals surface area contributed by atoms with Crippen LogP contribution < -0.4 is 10.1 Å². The molecule has 1 aromatic heterocycles. The van der Waals surface area contributed by atoms with Gasteiger partial charge in [-0.25, -0.2) is 4.39 Å². The van der Waals surface area contributed by atoms with Gasteiger partial charge in [0.25, 0.3) is 5.91 Å². The molecule has 0 aliphatic carbocycles. The molecule has 3 aromatic rings. The monoisotopic (exact) mass is 326 g/mol. The minimum Gasteiger partial charge on any atom is -0.492 e. The zero-order valence-corrected chi connectivity index (χ0v) is 12.7. The number of ether oxygens (including phenoxy) is 1. The number of hydrogen-bond acceptors (Lipinski definition) is 4. The summed E-state index contributed by atoms with van der Waals surface area (Å²) in [5, 5.41) is 10.9. The van der Waals surface area contributed by atoms with Crippen LogP contribution in [0.25, 0.3) is 5.69 Å². The summed E-state index contributed by atoms with van der Waals surface area (Å²) in [6.07, 6.45) is 1.41. The van der Waals surface area contributed by atoms with Gasteiger partial charge >= 0.3 is 0 Å². The van der Waals surface area contributed by atoms with Gasteiger partial charge in [-0.15, -0.1) is 5.10 Å². The average Bonchev–Trinajstić information content (AvgIpc) is 3.11. The van der Waals surface area contributed by atoms with Gasteiger partial charge in [-0.2, -0.15) is 9.90 Å². The molecular weight excluding hydrogens is 311 g/mol. The summed E-state index contributed by atoms with van der Waals surface area (Å²) in [5.41, 5.74) is 0.997. The first-order valence-electron chi connectivity index (χ1n) is 7.37. The summed E-state index contributed by atoms with van der Waals surface area (Å²) in [7, 11) is 0. The molecule has 122 valence electrons. The van der Waals surface area contributed by atoms with Crippen molar-refractivity contribution in [2.45, 2.75) is 0 Å². The normalized spacial score (nSPS) is 10.4. The minimum absolute atomic E-state index is 0.223. The highest BCUT2D eigenvalue weighted by molar-refractivity contribution is 5.91. The summed E-state index contributed by atoms with van der Waals surface area (Å²) in [5.74, 6) is -0.113. The molecule has 0 bridgehead atoms. The van der Waals surface area contributed by atoms with E-state index in [2.05, 4.69) is 15.5 Å². The Morgan fingerprint density at radius 3 is 2.62 bits per heavy atom. The number of carbonyl (C=O) groups excluding carboxylic acids is 1. The molecule has 1 amide bonds. The van der Waals surface area contributed by atoms with Gasteiger partial charge in [0.05, 0.1) is 18.4 Å². The maximum atomic E-state index is 12.8. The third-order valence-electron chi connectivity index (χ3n) is 3.18. The summed E-state index contributed by atoms with van der Waals surface area (Å²) in [6.45, 7) is 0.568. The van der Waals surface area contributed by atoms with Crippen molar-refractivity contribution in [3.63, 3.8) is 0 Å². The Bertz CT molecular complexity index is 803. The van der Waals surface area contributed by atoms with E-state index in [1.54, 1.807) is 0 Å². The maximum absolute atomic E-state index is 12.8. The Morgan fingerprint density at radius 2 is 1.88 bits per heavy atom. The number of hydrogen-bond donors (Lipinski definition) is 1. The summed E-state index contributed by atoms with van der Waals surface area (Å²) < 4.78 is 18.2. The first-order valence-corrected chi connectivity index (χ1v) is 7.37. The molecule has 0 saturated carbocycles. The number of amides is 1. The van der Waals surface area contributed by atoms with Gasteiger partial charge in [0.1, 0.15) is 18.2 Å². The van der Waals surface area contributed by atoms with Crippen molar-refractivity contribution < 1.29 is 13.9 Å². The third-order valence-corrected chi connectivity index (χ3v) is 3.18. The van der Waals surface area contributed by atoms with Gasteiger partial charge in [0, 0.05) is 0 Å². The molecule has 6 nitrogen and oxygen atoms in total. The minimum atomic E-state index is -0.333. The Labute approximate surface area is 137 Å². The van der Waals surface area contributed by atoms with Crippen LogP contribution in [0.5, 0.6) is 5.75 Å². The summed E-state index contributed by atoms with van der Waals surface area (Å²) >= 11 is 0. The number of aromatic nitrogens is 3. The molecular formula is C17H15FN4O2. The fourth-order valence-electron chi connectivity index (χ4n) is 2.01. The van der Waals surface area contributed by atoms with Crippen LogP contribution in [-0.4, -0.2) is 34.1 Å². The van der Waals surface area contributed by atoms with Crippen molar-refractivity contribution in [1.29, 1.82) is 0 Å². The highest BCUT2D eigenvalue weighted by Gasteiger charge is 2.10. The highest BCUT2D eigenvalue weighted by Crippen LogP contribution is 2.10. The molecule has 0 aliphatic heterocycles. The van der Waals surface area contributed by atoms with Crippen molar-refractivity contribution in [2.75, 3.05) is 13.2 Å². The lowest BCUT2D eigenvalue weighted by Gasteiger charge is -2.06. The quantitative estimate of drug-likeness (QED) is 0.705. The molecule has 0 saturated heterocycles. The second-order valence-electron chi connectivity index (χ2n) is 4.91. The maximum Gasteiger partial charge on any atom is 0.273 e. The molecule has 3 rings (SSSR count).